The van der Waals surface area contributed by atoms with Crippen molar-refractivity contribution in [1.82, 2.24) is 5.32 Å². The Balaban J connectivity index is 1.77. The molecule has 3 aromatic carbocycles. The molecule has 0 spiro atoms. The summed E-state index contributed by atoms with van der Waals surface area (Å²) < 4.78 is 67.5. The third-order valence-electron chi connectivity index (χ3n) is 7.30. The minimum absolute atomic E-state index is 0.169. The average Bonchev–Trinajstić information content (AvgIpc) is 3.10. The number of nitrogens with zero attached hydrogens (tertiary/aromatic N) is 2. The average molecular weight is 614 g/mol. The monoisotopic (exact) mass is 613 g/mol. The summed E-state index contributed by atoms with van der Waals surface area (Å²) in [6, 6.07) is 16.9. The highest BCUT2D eigenvalue weighted by molar-refractivity contribution is 6.04. The highest BCUT2D eigenvalue weighted by Gasteiger charge is 2.40. The number of benzene rings is 3. The highest BCUT2D eigenvalue weighted by atomic mass is 19.4. The van der Waals surface area contributed by atoms with E-state index in [4.69, 9.17) is 5.73 Å². The predicted molar refractivity (Wildman–Crippen MR) is 152 cm³/mol. The number of amides is 3. The largest absolute Gasteiger partial charge is 0.389 e. The Morgan fingerprint density at radius 3 is 2.43 bits per heavy atom. The summed E-state index contributed by atoms with van der Waals surface area (Å²) in [4.78, 5) is 41.2. The van der Waals surface area contributed by atoms with E-state index in [1.54, 1.807) is 25.1 Å². The van der Waals surface area contributed by atoms with Gasteiger partial charge in [-0.1, -0.05) is 42.5 Å². The lowest BCUT2D eigenvalue weighted by Gasteiger charge is -2.30. The molecule has 44 heavy (non-hydrogen) atoms. The van der Waals surface area contributed by atoms with E-state index < -0.39 is 66.6 Å². The Kier molecular flexibility index (Phi) is 9.52. The molecular weight excluding hydrogens is 585 g/mol. The maximum absolute atomic E-state index is 14.0. The summed E-state index contributed by atoms with van der Waals surface area (Å²) in [5, 5.41) is 14.5. The lowest BCUT2D eigenvalue weighted by Crippen LogP contribution is -2.51. The third kappa shape index (κ3) is 7.31. The van der Waals surface area contributed by atoms with Crippen molar-refractivity contribution in [3.05, 3.63) is 89.0 Å². The van der Waals surface area contributed by atoms with Crippen LogP contribution in [0.25, 0.3) is 0 Å². The van der Waals surface area contributed by atoms with E-state index in [2.05, 4.69) is 10.6 Å². The van der Waals surface area contributed by atoms with Crippen molar-refractivity contribution in [3.8, 4) is 6.07 Å². The van der Waals surface area contributed by atoms with Crippen LogP contribution in [-0.2, 0) is 14.4 Å². The summed E-state index contributed by atoms with van der Waals surface area (Å²) in [5.41, 5.74) is 6.46. The fourth-order valence-corrected chi connectivity index (χ4v) is 5.29. The number of aryl methyl sites for hydroxylation is 1. The molecule has 230 valence electrons. The van der Waals surface area contributed by atoms with Gasteiger partial charge in [0.05, 0.1) is 41.4 Å². The van der Waals surface area contributed by atoms with Gasteiger partial charge in [-0.3, -0.25) is 14.4 Å². The molecule has 0 bridgehead atoms. The Labute approximate surface area is 249 Å². The van der Waals surface area contributed by atoms with Gasteiger partial charge in [-0.2, -0.15) is 18.4 Å². The third-order valence-corrected chi connectivity index (χ3v) is 7.30. The first-order valence-electron chi connectivity index (χ1n) is 13.5. The van der Waals surface area contributed by atoms with Crippen LogP contribution in [0.4, 0.5) is 39.0 Å². The van der Waals surface area contributed by atoms with E-state index in [0.717, 1.165) is 6.07 Å². The standard InChI is InChI=1S/C31H28F5N5O3/c1-17-12-18(15-37)14-20(13-17)41-16-23(29(43)40-26-22(27(32)33)8-5-9-24(26)41)39-30(44)25(19-6-3-2-4-7-19)21(28(38)42)10-11-31(34,35)36/h2-9,12-14,21,23,25,27H,10-11,16H2,1H3,(H2,38,42)(H,39,44)(H,40,43)/t21-,23+,25+/m1/s1. The molecule has 0 saturated carbocycles. The SMILES string of the molecule is Cc1cc(C#N)cc(N2C[C@H](NC(=O)[C@@H](c3ccccc3)[C@@H](CCC(F)(F)F)C(N)=O)C(=O)Nc3c(C(F)F)cccc32)c1. The number of hydrogen-bond acceptors (Lipinski definition) is 5. The van der Waals surface area contributed by atoms with Crippen LogP contribution in [0.5, 0.6) is 0 Å². The lowest BCUT2D eigenvalue weighted by molar-refractivity contribution is -0.143. The molecule has 0 radical (unpaired) electrons. The van der Waals surface area contributed by atoms with Crippen molar-refractivity contribution in [1.29, 1.82) is 5.26 Å². The minimum atomic E-state index is -4.63. The Morgan fingerprint density at radius 2 is 1.82 bits per heavy atom. The van der Waals surface area contributed by atoms with Crippen molar-refractivity contribution in [3.63, 3.8) is 0 Å². The highest BCUT2D eigenvalue weighted by Crippen LogP contribution is 2.41. The Bertz CT molecular complexity index is 1590. The Hall–Kier alpha value is -4.99. The molecule has 0 unspecified atom stereocenters. The number of anilines is 3. The van der Waals surface area contributed by atoms with Gasteiger partial charge in [-0.25, -0.2) is 8.78 Å². The molecule has 13 heteroatoms. The predicted octanol–water partition coefficient (Wildman–Crippen LogP) is 5.61. The van der Waals surface area contributed by atoms with Crippen LogP contribution in [0.1, 0.15) is 47.4 Å². The molecule has 0 fully saturated rings. The van der Waals surface area contributed by atoms with Crippen LogP contribution in [0, 0.1) is 24.2 Å². The van der Waals surface area contributed by atoms with Gasteiger partial charge < -0.3 is 21.3 Å². The van der Waals surface area contributed by atoms with Gasteiger partial charge >= 0.3 is 6.18 Å². The van der Waals surface area contributed by atoms with Crippen LogP contribution in [0.2, 0.25) is 0 Å². The zero-order chi connectivity index (χ0) is 32.2. The molecule has 3 aromatic rings. The zero-order valence-corrected chi connectivity index (χ0v) is 23.4. The smallest absolute Gasteiger partial charge is 0.369 e. The van der Waals surface area contributed by atoms with Crippen molar-refractivity contribution >= 4 is 34.8 Å². The number of halogens is 5. The maximum Gasteiger partial charge on any atom is 0.389 e. The van der Waals surface area contributed by atoms with E-state index in [1.807, 2.05) is 6.07 Å². The van der Waals surface area contributed by atoms with Crippen molar-refractivity contribution < 1.29 is 36.3 Å². The number of para-hydroxylation sites is 1. The van der Waals surface area contributed by atoms with Crippen LogP contribution < -0.4 is 21.3 Å². The molecule has 1 aliphatic heterocycles. The summed E-state index contributed by atoms with van der Waals surface area (Å²) in [6.45, 7) is 1.41. The van der Waals surface area contributed by atoms with E-state index in [-0.39, 0.29) is 29.0 Å². The fraction of sp³-hybridized carbons (Fsp3) is 0.290. The lowest BCUT2D eigenvalue weighted by atomic mass is 9.81. The van der Waals surface area contributed by atoms with Gasteiger partial charge in [-0.15, -0.1) is 0 Å². The molecule has 1 heterocycles. The summed E-state index contributed by atoms with van der Waals surface area (Å²) >= 11 is 0. The van der Waals surface area contributed by atoms with E-state index in [1.165, 1.54) is 47.4 Å². The summed E-state index contributed by atoms with van der Waals surface area (Å²) in [7, 11) is 0. The van der Waals surface area contributed by atoms with E-state index in [0.29, 0.717) is 11.3 Å². The second-order valence-corrected chi connectivity index (χ2v) is 10.4. The molecule has 4 rings (SSSR count). The van der Waals surface area contributed by atoms with Crippen LogP contribution in [-0.4, -0.2) is 36.5 Å². The zero-order valence-electron chi connectivity index (χ0n) is 23.4. The first kappa shape index (κ1) is 31.9. The number of carbonyl (C=O) groups is 3. The molecule has 0 saturated heterocycles. The van der Waals surface area contributed by atoms with Crippen molar-refractivity contribution in [2.24, 2.45) is 11.7 Å². The van der Waals surface area contributed by atoms with Gasteiger partial charge in [-0.05, 0) is 48.7 Å². The first-order chi connectivity index (χ1) is 20.8. The second-order valence-electron chi connectivity index (χ2n) is 10.4. The number of alkyl halides is 5. The molecule has 8 nitrogen and oxygen atoms in total. The fourth-order valence-electron chi connectivity index (χ4n) is 5.29. The molecule has 1 aliphatic rings. The molecule has 3 amide bonds. The number of fused-ring (bicyclic) bond motifs is 1. The number of carbonyl (C=O) groups excluding carboxylic acids is 3. The topological polar surface area (TPSA) is 128 Å². The summed E-state index contributed by atoms with van der Waals surface area (Å²) in [6.07, 6.45) is -9.76. The molecule has 4 N–H and O–H groups in total. The van der Waals surface area contributed by atoms with Crippen LogP contribution in [0.3, 0.4) is 0 Å². The van der Waals surface area contributed by atoms with E-state index in [9.17, 15) is 41.6 Å². The van der Waals surface area contributed by atoms with Crippen LogP contribution >= 0.6 is 0 Å². The number of rotatable bonds is 9. The van der Waals surface area contributed by atoms with E-state index >= 15 is 0 Å². The maximum atomic E-state index is 14.0. The van der Waals surface area contributed by atoms with Gasteiger partial charge in [0.2, 0.25) is 17.7 Å². The van der Waals surface area contributed by atoms with Crippen molar-refractivity contribution in [2.45, 2.75) is 44.3 Å². The molecule has 0 aliphatic carbocycles. The van der Waals surface area contributed by atoms with Gasteiger partial charge in [0.25, 0.3) is 6.43 Å². The van der Waals surface area contributed by atoms with Gasteiger partial charge in [0, 0.05) is 17.7 Å². The number of nitrogens with one attached hydrogen (secondary N) is 2. The Morgan fingerprint density at radius 1 is 1.11 bits per heavy atom. The van der Waals surface area contributed by atoms with Crippen LogP contribution in [0.15, 0.2) is 66.7 Å². The molecule has 0 aromatic heterocycles. The minimum Gasteiger partial charge on any atom is -0.369 e. The van der Waals surface area contributed by atoms with Crippen molar-refractivity contribution in [2.75, 3.05) is 16.8 Å². The number of primary amides is 1. The summed E-state index contributed by atoms with van der Waals surface area (Å²) in [5.74, 6) is -6.04. The van der Waals surface area contributed by atoms with Gasteiger partial charge in [0.15, 0.2) is 0 Å². The number of nitriles is 1. The molecule has 3 atom stereocenters. The second kappa shape index (κ2) is 13.1. The first-order valence-corrected chi connectivity index (χ1v) is 13.5. The normalized spacial score (nSPS) is 16.3. The quantitative estimate of drug-likeness (QED) is 0.271. The number of hydrogen-bond donors (Lipinski definition) is 3. The van der Waals surface area contributed by atoms with Gasteiger partial charge in [0.1, 0.15) is 6.04 Å². The number of nitrogens with two attached hydrogens (primary N) is 1. The molecular formula is C31H28F5N5O3.